The zero-order valence-corrected chi connectivity index (χ0v) is 15.7. The van der Waals surface area contributed by atoms with E-state index >= 15 is 0 Å². The summed E-state index contributed by atoms with van der Waals surface area (Å²) in [5, 5.41) is 7.01. The summed E-state index contributed by atoms with van der Waals surface area (Å²) in [7, 11) is 0. The number of hydrogen-bond donors (Lipinski definition) is 1. The fourth-order valence-electron chi connectivity index (χ4n) is 3.07. The Kier molecular flexibility index (Phi) is 5.71. The van der Waals surface area contributed by atoms with Crippen molar-refractivity contribution in [1.29, 1.82) is 0 Å². The van der Waals surface area contributed by atoms with Crippen LogP contribution in [0, 0.1) is 5.92 Å². The molecule has 1 fully saturated rings. The predicted molar refractivity (Wildman–Crippen MR) is 97.6 cm³/mol. The summed E-state index contributed by atoms with van der Waals surface area (Å²) < 4.78 is 11.1. The second-order valence-corrected chi connectivity index (χ2v) is 7.82. The lowest BCUT2D eigenvalue weighted by atomic mass is 9.95. The average Bonchev–Trinajstić information content (AvgIpc) is 3.28. The van der Waals surface area contributed by atoms with Crippen LogP contribution in [0.25, 0.3) is 0 Å². The quantitative estimate of drug-likeness (QED) is 0.859. The maximum atomic E-state index is 12.2. The van der Waals surface area contributed by atoms with Gasteiger partial charge in [0.05, 0.1) is 6.10 Å². The normalized spacial score (nSPS) is 20.3. The fourth-order valence-corrected chi connectivity index (χ4v) is 3.07. The van der Waals surface area contributed by atoms with Crippen LogP contribution in [0.3, 0.4) is 0 Å². The van der Waals surface area contributed by atoms with Crippen molar-refractivity contribution in [3.05, 3.63) is 47.6 Å². The van der Waals surface area contributed by atoms with E-state index < -0.39 is 0 Å². The second kappa shape index (κ2) is 7.99. The van der Waals surface area contributed by atoms with Crippen LogP contribution in [0.5, 0.6) is 0 Å². The first-order valence-electron chi connectivity index (χ1n) is 9.20. The minimum absolute atomic E-state index is 0.000722. The van der Waals surface area contributed by atoms with E-state index in [0.29, 0.717) is 37.0 Å². The van der Waals surface area contributed by atoms with Gasteiger partial charge in [0, 0.05) is 37.3 Å². The van der Waals surface area contributed by atoms with Crippen molar-refractivity contribution in [1.82, 2.24) is 15.5 Å². The van der Waals surface area contributed by atoms with Gasteiger partial charge in [-0.2, -0.15) is 4.98 Å². The lowest BCUT2D eigenvalue weighted by Crippen LogP contribution is -2.30. The third-order valence-electron chi connectivity index (χ3n) is 4.61. The molecule has 1 N–H and O–H groups in total. The Morgan fingerprint density at radius 2 is 2.04 bits per heavy atom. The Bertz CT molecular complexity index is 721. The van der Waals surface area contributed by atoms with Gasteiger partial charge in [0.1, 0.15) is 0 Å². The highest BCUT2D eigenvalue weighted by Crippen LogP contribution is 2.33. The molecule has 2 atom stereocenters. The molecular formula is C20H27N3O3. The molecule has 2 heterocycles. The van der Waals surface area contributed by atoms with Crippen molar-refractivity contribution in [2.75, 3.05) is 13.2 Å². The topological polar surface area (TPSA) is 77.2 Å². The lowest BCUT2D eigenvalue weighted by Gasteiger charge is -2.19. The van der Waals surface area contributed by atoms with Gasteiger partial charge < -0.3 is 14.6 Å². The largest absolute Gasteiger partial charge is 0.373 e. The summed E-state index contributed by atoms with van der Waals surface area (Å²) in [6.07, 6.45) is 1.81. The van der Waals surface area contributed by atoms with Crippen LogP contribution in [-0.2, 0) is 21.4 Å². The highest BCUT2D eigenvalue weighted by molar-refractivity contribution is 5.76. The van der Waals surface area contributed by atoms with Gasteiger partial charge in [-0.1, -0.05) is 56.3 Å². The summed E-state index contributed by atoms with van der Waals surface area (Å²) in [5.74, 6) is 1.48. The van der Waals surface area contributed by atoms with Crippen molar-refractivity contribution in [3.63, 3.8) is 0 Å². The van der Waals surface area contributed by atoms with Crippen molar-refractivity contribution in [2.45, 2.75) is 51.6 Å². The summed E-state index contributed by atoms with van der Waals surface area (Å²) in [4.78, 5) is 16.5. The number of benzene rings is 1. The second-order valence-electron chi connectivity index (χ2n) is 7.82. The van der Waals surface area contributed by atoms with Gasteiger partial charge in [-0.05, 0) is 12.0 Å². The molecule has 0 saturated carbocycles. The highest BCUT2D eigenvalue weighted by atomic mass is 16.5. The van der Waals surface area contributed by atoms with Gasteiger partial charge in [0.15, 0.2) is 5.82 Å². The Morgan fingerprint density at radius 3 is 2.73 bits per heavy atom. The number of carbonyl (C=O) groups is 1. The molecule has 0 unspecified atom stereocenters. The number of rotatable bonds is 6. The number of nitrogens with one attached hydrogen (secondary N) is 1. The van der Waals surface area contributed by atoms with Crippen molar-refractivity contribution >= 4 is 5.91 Å². The average molecular weight is 357 g/mol. The van der Waals surface area contributed by atoms with Crippen LogP contribution in [0.2, 0.25) is 0 Å². The molecular weight excluding hydrogens is 330 g/mol. The van der Waals surface area contributed by atoms with Gasteiger partial charge in [-0.3, -0.25) is 4.79 Å². The molecule has 1 aromatic heterocycles. The minimum Gasteiger partial charge on any atom is -0.373 e. The smallest absolute Gasteiger partial charge is 0.227 e. The zero-order valence-electron chi connectivity index (χ0n) is 15.7. The molecule has 1 saturated heterocycles. The van der Waals surface area contributed by atoms with Gasteiger partial charge in [-0.25, -0.2) is 0 Å². The Labute approximate surface area is 154 Å². The van der Waals surface area contributed by atoms with Crippen LogP contribution in [0.4, 0.5) is 0 Å². The number of aromatic nitrogens is 2. The first kappa shape index (κ1) is 18.6. The Hall–Kier alpha value is -2.21. The zero-order chi connectivity index (χ0) is 18.6. The van der Waals surface area contributed by atoms with E-state index in [4.69, 9.17) is 9.26 Å². The number of hydrogen-bond acceptors (Lipinski definition) is 5. The SMILES string of the molecule is CC(C)(C)c1noc(CCC(=O)NC[C@@H]2CCO[C@H]2c2ccccc2)n1. The number of ether oxygens (including phenoxy) is 1. The van der Waals surface area contributed by atoms with Gasteiger partial charge in [-0.15, -0.1) is 0 Å². The summed E-state index contributed by atoms with van der Waals surface area (Å²) >= 11 is 0. The number of carbonyl (C=O) groups excluding carboxylic acids is 1. The fraction of sp³-hybridized carbons (Fsp3) is 0.550. The maximum absolute atomic E-state index is 12.2. The lowest BCUT2D eigenvalue weighted by molar-refractivity contribution is -0.121. The van der Waals surface area contributed by atoms with E-state index in [9.17, 15) is 4.79 Å². The molecule has 140 valence electrons. The molecule has 1 amide bonds. The van der Waals surface area contributed by atoms with Gasteiger partial charge >= 0.3 is 0 Å². The first-order valence-corrected chi connectivity index (χ1v) is 9.20. The van der Waals surface area contributed by atoms with Crippen LogP contribution in [0.15, 0.2) is 34.9 Å². The third-order valence-corrected chi connectivity index (χ3v) is 4.61. The number of aryl methyl sites for hydroxylation is 1. The van der Waals surface area contributed by atoms with Crippen molar-refractivity contribution < 1.29 is 14.1 Å². The molecule has 1 aromatic carbocycles. The van der Waals surface area contributed by atoms with E-state index in [2.05, 4.69) is 27.6 Å². The molecule has 6 nitrogen and oxygen atoms in total. The van der Waals surface area contributed by atoms with E-state index in [1.165, 1.54) is 5.56 Å². The van der Waals surface area contributed by atoms with Crippen LogP contribution < -0.4 is 5.32 Å². The molecule has 1 aliphatic heterocycles. The molecule has 0 radical (unpaired) electrons. The molecule has 2 aromatic rings. The molecule has 1 aliphatic rings. The Morgan fingerprint density at radius 1 is 1.27 bits per heavy atom. The molecule has 3 rings (SSSR count). The molecule has 6 heteroatoms. The van der Waals surface area contributed by atoms with Crippen LogP contribution in [0.1, 0.15) is 57.0 Å². The number of amides is 1. The van der Waals surface area contributed by atoms with Crippen molar-refractivity contribution in [3.8, 4) is 0 Å². The van der Waals surface area contributed by atoms with Crippen LogP contribution in [-0.4, -0.2) is 29.2 Å². The summed E-state index contributed by atoms with van der Waals surface area (Å²) in [6.45, 7) is 7.44. The third kappa shape index (κ3) is 4.69. The van der Waals surface area contributed by atoms with E-state index in [-0.39, 0.29) is 17.4 Å². The maximum Gasteiger partial charge on any atom is 0.227 e. The standard InChI is InChI=1S/C20H27N3O3/c1-20(2,3)19-22-17(26-23-19)10-9-16(24)21-13-15-11-12-25-18(15)14-7-5-4-6-8-14/h4-8,15,18H,9-13H2,1-3H3,(H,21,24)/t15-,18-/m0/s1. The molecule has 0 bridgehead atoms. The first-order chi connectivity index (χ1) is 12.4. The molecule has 0 spiro atoms. The number of nitrogens with zero attached hydrogens (tertiary/aromatic N) is 2. The monoisotopic (exact) mass is 357 g/mol. The molecule has 0 aliphatic carbocycles. The van der Waals surface area contributed by atoms with Crippen molar-refractivity contribution in [2.24, 2.45) is 5.92 Å². The summed E-state index contributed by atoms with van der Waals surface area (Å²) in [6, 6.07) is 10.2. The summed E-state index contributed by atoms with van der Waals surface area (Å²) in [5.41, 5.74) is 1.02. The van der Waals surface area contributed by atoms with Gasteiger partial charge in [0.2, 0.25) is 11.8 Å². The highest BCUT2D eigenvalue weighted by Gasteiger charge is 2.29. The van der Waals surface area contributed by atoms with Crippen LogP contribution >= 0.6 is 0 Å². The van der Waals surface area contributed by atoms with E-state index in [1.807, 2.05) is 39.0 Å². The minimum atomic E-state index is -0.154. The Balaban J connectivity index is 1.46. The van der Waals surface area contributed by atoms with E-state index in [1.54, 1.807) is 0 Å². The predicted octanol–water partition coefficient (Wildman–Crippen LogP) is 3.19. The molecule has 26 heavy (non-hydrogen) atoms. The van der Waals surface area contributed by atoms with Gasteiger partial charge in [0.25, 0.3) is 0 Å². The van der Waals surface area contributed by atoms with E-state index in [0.717, 1.165) is 13.0 Å².